The number of alkyl halides is 3. The second-order valence-corrected chi connectivity index (χ2v) is 6.23. The maximum absolute atomic E-state index is 12.8. The number of nitrogens with zero attached hydrogens (tertiary/aromatic N) is 2. The Morgan fingerprint density at radius 2 is 2.07 bits per heavy atom. The number of aromatic carboxylic acids is 1. The number of ether oxygens (including phenoxy) is 2. The van der Waals surface area contributed by atoms with Gasteiger partial charge in [0, 0.05) is 24.4 Å². The number of hydrogen-bond donors (Lipinski definition) is 2. The van der Waals surface area contributed by atoms with E-state index in [9.17, 15) is 23.1 Å². The number of carbonyl (C=O) groups is 1. The maximum atomic E-state index is 12.8. The lowest BCUT2D eigenvalue weighted by atomic mass is 10.1. The lowest BCUT2D eigenvalue weighted by molar-refractivity contribution is -0.138. The van der Waals surface area contributed by atoms with Crippen molar-refractivity contribution in [1.82, 2.24) is 9.78 Å². The molecule has 0 bridgehead atoms. The van der Waals surface area contributed by atoms with Gasteiger partial charge in [0.2, 0.25) is 0 Å². The van der Waals surface area contributed by atoms with Gasteiger partial charge >= 0.3 is 12.1 Å². The van der Waals surface area contributed by atoms with Crippen LogP contribution in [0, 0.1) is 0 Å². The fourth-order valence-corrected chi connectivity index (χ4v) is 2.80. The van der Waals surface area contributed by atoms with Crippen molar-refractivity contribution in [2.24, 2.45) is 0 Å². The molecule has 1 aromatic carbocycles. The third kappa shape index (κ3) is 4.68. The third-order valence-corrected chi connectivity index (χ3v) is 4.29. The number of halogens is 4. The van der Waals surface area contributed by atoms with E-state index in [0.717, 1.165) is 6.92 Å². The predicted molar refractivity (Wildman–Crippen MR) is 97.2 cm³/mol. The van der Waals surface area contributed by atoms with E-state index in [-0.39, 0.29) is 41.0 Å². The molecule has 0 spiro atoms. The minimum Gasteiger partial charge on any atom is -0.496 e. The summed E-state index contributed by atoms with van der Waals surface area (Å²) >= 11 is 6.23. The zero-order valence-electron chi connectivity index (χ0n) is 15.3. The number of rotatable bonds is 8. The largest absolute Gasteiger partial charge is 0.496 e. The highest BCUT2D eigenvalue weighted by Gasteiger charge is 2.36. The Morgan fingerprint density at radius 1 is 1.39 bits per heavy atom. The van der Waals surface area contributed by atoms with Gasteiger partial charge in [-0.25, -0.2) is 4.79 Å². The molecular weight excluding hydrogens is 403 g/mol. The van der Waals surface area contributed by atoms with Crippen molar-refractivity contribution in [3.63, 3.8) is 0 Å². The summed E-state index contributed by atoms with van der Waals surface area (Å²) in [5.41, 5.74) is 0.489. The van der Waals surface area contributed by atoms with Gasteiger partial charge in [-0.2, -0.15) is 18.3 Å². The van der Waals surface area contributed by atoms with Crippen LogP contribution in [0.25, 0.3) is 11.3 Å². The van der Waals surface area contributed by atoms with Crippen LogP contribution in [0.2, 0.25) is 5.02 Å². The molecule has 28 heavy (non-hydrogen) atoms. The molecule has 1 heterocycles. The first-order chi connectivity index (χ1) is 13.1. The summed E-state index contributed by atoms with van der Waals surface area (Å²) in [7, 11) is 2.82. The van der Waals surface area contributed by atoms with Crippen LogP contribution in [-0.2, 0) is 11.3 Å². The van der Waals surface area contributed by atoms with E-state index in [4.69, 9.17) is 21.1 Å². The van der Waals surface area contributed by atoms with Crippen molar-refractivity contribution < 1.29 is 32.5 Å². The predicted octanol–water partition coefficient (Wildman–Crippen LogP) is 3.92. The number of carboxylic acids is 1. The smallest absolute Gasteiger partial charge is 0.408 e. The third-order valence-electron chi connectivity index (χ3n) is 3.94. The van der Waals surface area contributed by atoms with Crippen LogP contribution >= 0.6 is 11.6 Å². The Hall–Kier alpha value is -2.46. The highest BCUT2D eigenvalue weighted by atomic mass is 35.5. The Kier molecular flexibility index (Phi) is 6.78. The molecule has 0 aliphatic heterocycles. The standard InChI is InChI=1S/C17H19ClF3N3O4/c1-9(17(19,20)21)22-10-4-5-11(12(8-10)28-3)15-13(18)14(16(25)26)23-24(15)6-7-27-2/h4-5,8-9,22H,6-7H2,1-3H3,(H,25,26). The topological polar surface area (TPSA) is 85.6 Å². The first-order valence-corrected chi connectivity index (χ1v) is 8.48. The van der Waals surface area contributed by atoms with Gasteiger partial charge < -0.3 is 19.9 Å². The van der Waals surface area contributed by atoms with Crippen molar-refractivity contribution in [2.75, 3.05) is 26.1 Å². The van der Waals surface area contributed by atoms with Gasteiger partial charge in [-0.3, -0.25) is 4.68 Å². The first-order valence-electron chi connectivity index (χ1n) is 8.10. The maximum Gasteiger partial charge on any atom is 0.408 e. The molecule has 1 aromatic heterocycles. The lowest BCUT2D eigenvalue weighted by Crippen LogP contribution is -2.33. The molecule has 0 aliphatic rings. The Labute approximate surface area is 164 Å². The van der Waals surface area contributed by atoms with E-state index < -0.39 is 18.2 Å². The number of methoxy groups -OCH3 is 2. The van der Waals surface area contributed by atoms with Crippen molar-refractivity contribution in [3.05, 3.63) is 28.9 Å². The summed E-state index contributed by atoms with van der Waals surface area (Å²) in [6.45, 7) is 1.46. The molecule has 0 saturated carbocycles. The van der Waals surface area contributed by atoms with E-state index in [1.807, 2.05) is 0 Å². The minimum atomic E-state index is -4.41. The van der Waals surface area contributed by atoms with Crippen LogP contribution in [0.3, 0.4) is 0 Å². The molecule has 0 amide bonds. The molecule has 0 fully saturated rings. The number of anilines is 1. The second-order valence-electron chi connectivity index (χ2n) is 5.85. The Balaban J connectivity index is 2.51. The first kappa shape index (κ1) is 21.8. The van der Waals surface area contributed by atoms with Gasteiger partial charge in [-0.15, -0.1) is 0 Å². The molecule has 7 nitrogen and oxygen atoms in total. The molecule has 11 heteroatoms. The van der Waals surface area contributed by atoms with Crippen LogP contribution in [0.15, 0.2) is 18.2 Å². The quantitative estimate of drug-likeness (QED) is 0.672. The number of aromatic nitrogens is 2. The van der Waals surface area contributed by atoms with Crippen molar-refractivity contribution in [1.29, 1.82) is 0 Å². The van der Waals surface area contributed by atoms with Gasteiger partial charge in [-0.1, -0.05) is 11.6 Å². The highest BCUT2D eigenvalue weighted by molar-refractivity contribution is 6.35. The number of carboxylic acid groups (broad SMARTS) is 1. The van der Waals surface area contributed by atoms with Gasteiger partial charge in [-0.05, 0) is 19.1 Å². The Morgan fingerprint density at radius 3 is 2.61 bits per heavy atom. The fraction of sp³-hybridized carbons (Fsp3) is 0.412. The van der Waals surface area contributed by atoms with Crippen molar-refractivity contribution in [2.45, 2.75) is 25.7 Å². The van der Waals surface area contributed by atoms with Gasteiger partial charge in [0.25, 0.3) is 0 Å². The molecule has 0 aliphatic carbocycles. The van der Waals surface area contributed by atoms with Crippen LogP contribution in [-0.4, -0.2) is 53.9 Å². The number of nitrogens with one attached hydrogen (secondary N) is 1. The molecule has 2 rings (SSSR count). The summed E-state index contributed by atoms with van der Waals surface area (Å²) < 4.78 is 50.0. The summed E-state index contributed by atoms with van der Waals surface area (Å²) in [5, 5.41) is 15.5. The van der Waals surface area contributed by atoms with Crippen molar-refractivity contribution in [3.8, 4) is 17.0 Å². The molecule has 1 atom stereocenters. The number of hydrogen-bond acceptors (Lipinski definition) is 5. The summed E-state index contributed by atoms with van der Waals surface area (Å²) in [4.78, 5) is 11.4. The molecule has 0 saturated heterocycles. The van der Waals surface area contributed by atoms with Crippen LogP contribution in [0.1, 0.15) is 17.4 Å². The van der Waals surface area contributed by atoms with E-state index >= 15 is 0 Å². The average molecular weight is 422 g/mol. The zero-order valence-corrected chi connectivity index (χ0v) is 16.1. The molecule has 0 radical (unpaired) electrons. The van der Waals surface area contributed by atoms with Crippen LogP contribution in [0.5, 0.6) is 5.75 Å². The SMILES string of the molecule is COCCn1nc(C(=O)O)c(Cl)c1-c1ccc(NC(C)C(F)(F)F)cc1OC. The van der Waals surface area contributed by atoms with Crippen LogP contribution < -0.4 is 10.1 Å². The van der Waals surface area contributed by atoms with E-state index in [0.29, 0.717) is 5.56 Å². The fourth-order valence-electron chi connectivity index (χ4n) is 2.48. The van der Waals surface area contributed by atoms with Gasteiger partial charge in [0.15, 0.2) is 5.69 Å². The monoisotopic (exact) mass is 421 g/mol. The normalized spacial score (nSPS) is 12.7. The van der Waals surface area contributed by atoms with Crippen LogP contribution in [0.4, 0.5) is 18.9 Å². The number of benzene rings is 1. The molecule has 1 unspecified atom stereocenters. The van der Waals surface area contributed by atoms with E-state index in [2.05, 4.69) is 10.4 Å². The Bertz CT molecular complexity index is 855. The lowest BCUT2D eigenvalue weighted by Gasteiger charge is -2.19. The van der Waals surface area contributed by atoms with E-state index in [1.165, 1.54) is 37.1 Å². The van der Waals surface area contributed by atoms with Gasteiger partial charge in [0.05, 0.1) is 26.0 Å². The zero-order chi connectivity index (χ0) is 21.1. The highest BCUT2D eigenvalue weighted by Crippen LogP contribution is 2.38. The molecule has 2 N–H and O–H groups in total. The van der Waals surface area contributed by atoms with Crippen molar-refractivity contribution >= 4 is 23.3 Å². The molecule has 154 valence electrons. The molecular formula is C17H19ClF3N3O4. The second kappa shape index (κ2) is 8.70. The van der Waals surface area contributed by atoms with E-state index in [1.54, 1.807) is 0 Å². The summed E-state index contributed by atoms with van der Waals surface area (Å²) in [6.07, 6.45) is -4.41. The van der Waals surface area contributed by atoms with Gasteiger partial charge in [0.1, 0.15) is 16.8 Å². The molecule has 2 aromatic rings. The minimum absolute atomic E-state index is 0.105. The summed E-state index contributed by atoms with van der Waals surface area (Å²) in [5.74, 6) is -1.10. The average Bonchev–Trinajstić information content (AvgIpc) is 2.95. The summed E-state index contributed by atoms with van der Waals surface area (Å²) in [6, 6.07) is 2.52.